The van der Waals surface area contributed by atoms with Crippen molar-refractivity contribution in [2.75, 3.05) is 31.1 Å². The Labute approximate surface area is 385 Å². The summed E-state index contributed by atoms with van der Waals surface area (Å²) in [5, 5.41) is 23.6. The summed E-state index contributed by atoms with van der Waals surface area (Å²) in [4.78, 5) is 37.8. The molecule has 5 aliphatic rings. The molecule has 0 radical (unpaired) electrons. The first-order valence-electron chi connectivity index (χ1n) is 23.4. The molecule has 2 atom stereocenters. The first-order valence-corrected chi connectivity index (χ1v) is 24.9. The molecule has 66 heavy (non-hydrogen) atoms. The predicted octanol–water partition coefficient (Wildman–Crippen LogP) is 9.17. The lowest BCUT2D eigenvalue weighted by atomic mass is 9.59. The number of hydrogen-bond acceptors (Lipinski definition) is 12. The summed E-state index contributed by atoms with van der Waals surface area (Å²) in [6.45, 7) is 9.21. The average Bonchev–Trinajstić information content (AvgIpc) is 3.98. The van der Waals surface area contributed by atoms with Gasteiger partial charge in [0.25, 0.3) is 15.9 Å². The number of aromatic nitrogens is 2. The van der Waals surface area contributed by atoms with Gasteiger partial charge >= 0.3 is 5.69 Å². The second-order valence-corrected chi connectivity index (χ2v) is 21.5. The van der Waals surface area contributed by atoms with E-state index in [1.54, 1.807) is 31.3 Å². The lowest BCUT2D eigenvalue weighted by molar-refractivity contribution is -0.386. The first kappa shape index (κ1) is 44.1. The molecule has 5 aromatic rings. The van der Waals surface area contributed by atoms with E-state index in [2.05, 4.69) is 62.6 Å². The van der Waals surface area contributed by atoms with Crippen molar-refractivity contribution in [2.45, 2.75) is 120 Å². The fourth-order valence-electron chi connectivity index (χ4n) is 11.3. The number of carbonyl (C=O) groups excluding carboxylic acids is 1. The molecule has 0 unspecified atom stereocenters. The number of carbonyl (C=O) groups is 1. The van der Waals surface area contributed by atoms with Crippen LogP contribution in [0.4, 0.5) is 11.4 Å². The third-order valence-electron chi connectivity index (χ3n) is 15.1. The molecular formula is C50H58N6O9S. The number of nitrogens with one attached hydrogen (secondary N) is 2. The van der Waals surface area contributed by atoms with Crippen molar-refractivity contribution in [1.82, 2.24) is 19.6 Å². The maximum Gasteiger partial charge on any atom is 0.316 e. The van der Waals surface area contributed by atoms with Crippen LogP contribution in [0.25, 0.3) is 11.0 Å². The van der Waals surface area contributed by atoms with Crippen molar-refractivity contribution < 1.29 is 37.5 Å². The summed E-state index contributed by atoms with van der Waals surface area (Å²) in [6, 6.07) is 20.8. The zero-order chi connectivity index (χ0) is 46.0. The van der Waals surface area contributed by atoms with Crippen molar-refractivity contribution >= 4 is 38.3 Å². The molecule has 348 valence electrons. The van der Waals surface area contributed by atoms with Crippen molar-refractivity contribution in [3.05, 3.63) is 106 Å². The molecule has 4 fully saturated rings. The van der Waals surface area contributed by atoms with E-state index in [9.17, 15) is 28.4 Å². The number of fused-ring (bicyclic) bond motifs is 2. The minimum absolute atomic E-state index is 0.00166. The Morgan fingerprint density at radius 3 is 2.55 bits per heavy atom. The number of ether oxygens (including phenoxy) is 3. The summed E-state index contributed by atoms with van der Waals surface area (Å²) in [6.07, 6.45) is 12.1. The van der Waals surface area contributed by atoms with E-state index in [0.717, 1.165) is 55.7 Å². The number of nitro groups is 1. The van der Waals surface area contributed by atoms with Crippen LogP contribution in [0.2, 0.25) is 0 Å². The number of aliphatic hydroxyl groups is 1. The monoisotopic (exact) mass is 918 g/mol. The van der Waals surface area contributed by atoms with E-state index in [1.807, 2.05) is 12.1 Å². The molecule has 3 aromatic carbocycles. The normalized spacial score (nSPS) is 24.4. The number of likely N-dealkylation sites (tertiary alicyclic amines) is 1. The fraction of sp³-hybridized carbons (Fsp3) is 0.480. The molecule has 15 nitrogen and oxygen atoms in total. The summed E-state index contributed by atoms with van der Waals surface area (Å²) in [5.74, 6) is -0.281. The maximum atomic E-state index is 14.1. The van der Waals surface area contributed by atoms with Crippen molar-refractivity contribution in [3.63, 3.8) is 0 Å². The van der Waals surface area contributed by atoms with Gasteiger partial charge in [-0.3, -0.25) is 19.8 Å². The SMILES string of the molecule is CC(C)c1ccccc1[C@@H]1CCCN1C1CC2(CCN(c3ccc(C(=O)NS(=O)(=O)c4cc5c(c([N+](=O)[O-])c4)O[C@H]([C@H]4CC[C@](C)(O)CC4)CO5)c(Oc4cnc5[nH]ccc5c4)c3)CC2)C1. The number of aromatic amines is 1. The van der Waals surface area contributed by atoms with E-state index >= 15 is 0 Å². The lowest BCUT2D eigenvalue weighted by Gasteiger charge is -2.56. The van der Waals surface area contributed by atoms with Crippen LogP contribution in [-0.4, -0.2) is 83.2 Å². The van der Waals surface area contributed by atoms with E-state index in [-0.39, 0.29) is 35.3 Å². The Morgan fingerprint density at radius 1 is 1.02 bits per heavy atom. The highest BCUT2D eigenvalue weighted by atomic mass is 32.2. The highest BCUT2D eigenvalue weighted by Crippen LogP contribution is 2.54. The highest BCUT2D eigenvalue weighted by Gasteiger charge is 2.50. The van der Waals surface area contributed by atoms with Crippen molar-refractivity contribution in [3.8, 4) is 23.0 Å². The standard InChI is InChI=1S/C50H58N6O9S/c1-31(2)38-7-4-5-8-39(38)41-9-6-20-55(41)35-27-50(28-35)17-21-54(22-18-50)34-10-11-40(43(24-34)64-36-23-33-14-19-51-47(33)52-29-36)48(57)53-66(61,62)37-25-42(56(59)60)46-44(26-37)63-30-45(65-46)32-12-15-49(3,58)16-13-32/h4-5,7-8,10-11,14,19,23-26,29,31-32,35,41,45,58H,6,9,12-13,15-18,20-22,27-28,30H2,1-3H3,(H,51,52)(H,53,57)/t32-,41-,45-,49-/m0/s1. The van der Waals surface area contributed by atoms with Gasteiger partial charge in [-0.2, -0.15) is 0 Å². The quantitative estimate of drug-likeness (QED) is 0.0843. The number of anilines is 1. The summed E-state index contributed by atoms with van der Waals surface area (Å²) < 4.78 is 48.4. The number of nitrogens with zero attached hydrogens (tertiary/aromatic N) is 4. The van der Waals surface area contributed by atoms with Gasteiger partial charge in [0.2, 0.25) is 5.75 Å². The predicted molar refractivity (Wildman–Crippen MR) is 249 cm³/mol. The highest BCUT2D eigenvalue weighted by molar-refractivity contribution is 7.90. The topological polar surface area (TPSA) is 189 Å². The number of amides is 1. The zero-order valence-corrected chi connectivity index (χ0v) is 38.5. The van der Waals surface area contributed by atoms with E-state index in [1.165, 1.54) is 43.0 Å². The van der Waals surface area contributed by atoms with E-state index in [0.29, 0.717) is 60.5 Å². The smallest absolute Gasteiger partial charge is 0.316 e. The number of benzene rings is 3. The van der Waals surface area contributed by atoms with Gasteiger partial charge in [0.1, 0.15) is 29.9 Å². The Hall–Kier alpha value is -5.71. The van der Waals surface area contributed by atoms with Crippen LogP contribution in [0.1, 0.15) is 118 Å². The van der Waals surface area contributed by atoms with Crippen LogP contribution in [0.5, 0.6) is 23.0 Å². The molecule has 2 aliphatic carbocycles. The van der Waals surface area contributed by atoms with Crippen LogP contribution in [0.15, 0.2) is 84.0 Å². The molecule has 16 heteroatoms. The van der Waals surface area contributed by atoms with Crippen LogP contribution >= 0.6 is 0 Å². The number of nitro benzene ring substituents is 1. The molecule has 5 heterocycles. The second kappa shape index (κ2) is 17.2. The van der Waals surface area contributed by atoms with Gasteiger partial charge in [0.15, 0.2) is 5.75 Å². The van der Waals surface area contributed by atoms with Crippen LogP contribution in [0.3, 0.4) is 0 Å². The minimum atomic E-state index is -4.68. The van der Waals surface area contributed by atoms with Gasteiger partial charge in [-0.15, -0.1) is 0 Å². The molecule has 0 bridgehead atoms. The Bertz CT molecular complexity index is 2770. The molecule has 1 spiro atoms. The summed E-state index contributed by atoms with van der Waals surface area (Å²) >= 11 is 0. The number of sulfonamides is 1. The minimum Gasteiger partial charge on any atom is -0.485 e. The fourth-order valence-corrected chi connectivity index (χ4v) is 12.3. The van der Waals surface area contributed by atoms with E-state index < -0.39 is 43.1 Å². The molecule has 10 rings (SSSR count). The molecule has 2 saturated heterocycles. The molecule has 3 N–H and O–H groups in total. The zero-order valence-electron chi connectivity index (χ0n) is 37.7. The van der Waals surface area contributed by atoms with Crippen molar-refractivity contribution in [2.24, 2.45) is 11.3 Å². The van der Waals surface area contributed by atoms with Crippen LogP contribution < -0.4 is 23.8 Å². The number of pyridine rings is 1. The van der Waals surface area contributed by atoms with Crippen LogP contribution in [0, 0.1) is 21.4 Å². The summed E-state index contributed by atoms with van der Waals surface area (Å²) in [7, 11) is -4.68. The van der Waals surface area contributed by atoms with Gasteiger partial charge < -0.3 is 29.2 Å². The number of piperidine rings is 1. The van der Waals surface area contributed by atoms with Gasteiger partial charge in [0, 0.05) is 60.6 Å². The third-order valence-corrected chi connectivity index (χ3v) is 16.4. The first-order chi connectivity index (χ1) is 31.6. The molecule has 1 amide bonds. The van der Waals surface area contributed by atoms with E-state index in [4.69, 9.17) is 14.2 Å². The molecule has 2 saturated carbocycles. The second-order valence-electron chi connectivity index (χ2n) is 19.9. The Balaban J connectivity index is 0.855. The van der Waals surface area contributed by atoms with Gasteiger partial charge in [-0.05, 0) is 130 Å². The Kier molecular flexibility index (Phi) is 11.5. The van der Waals surface area contributed by atoms with Crippen LogP contribution in [-0.2, 0) is 10.0 Å². The van der Waals surface area contributed by atoms with Gasteiger partial charge in [-0.25, -0.2) is 18.1 Å². The van der Waals surface area contributed by atoms with Crippen molar-refractivity contribution in [1.29, 1.82) is 0 Å². The maximum absolute atomic E-state index is 14.1. The van der Waals surface area contributed by atoms with Gasteiger partial charge in [0.05, 0.1) is 27.2 Å². The molecular weight excluding hydrogens is 861 g/mol. The number of rotatable bonds is 11. The van der Waals surface area contributed by atoms with Gasteiger partial charge in [-0.1, -0.05) is 38.1 Å². The summed E-state index contributed by atoms with van der Waals surface area (Å²) in [5.41, 5.74) is 3.33. The average molecular weight is 919 g/mol. The largest absolute Gasteiger partial charge is 0.485 e. The third kappa shape index (κ3) is 8.58. The molecule has 3 aliphatic heterocycles. The number of H-pyrrole nitrogens is 1. The molecule has 2 aromatic heterocycles. The Morgan fingerprint density at radius 2 is 1.79 bits per heavy atom. The number of hydrogen-bond donors (Lipinski definition) is 3. The lowest BCUT2D eigenvalue weighted by Crippen LogP contribution is -2.54.